The average Bonchev–Trinajstić information content (AvgIpc) is 2.56. The van der Waals surface area contributed by atoms with Crippen molar-refractivity contribution in [1.82, 2.24) is 5.43 Å². The maximum Gasteiger partial charge on any atom is 0.318 e. The Bertz CT molecular complexity index is 895. The molecular formula is C14H10N4O7. The molecule has 11 heteroatoms. The first kappa shape index (κ1) is 17.3. The molecule has 128 valence electrons. The number of hydrazone groups is 1. The van der Waals surface area contributed by atoms with Crippen LogP contribution in [0.2, 0.25) is 0 Å². The molecule has 0 radical (unpaired) electrons. The van der Waals surface area contributed by atoms with Gasteiger partial charge in [-0.25, -0.2) is 5.43 Å². The van der Waals surface area contributed by atoms with E-state index in [1.165, 1.54) is 12.1 Å². The standard InChI is InChI=1S/C14H10N4O7/c19-12-4-2-1-3-8(12)7-15-16-14(21)10-5-9(17(22)23)6-11(13(10)20)18(24)25/h1-7,19-20H,(H,16,21)/b15-7+. The summed E-state index contributed by atoms with van der Waals surface area (Å²) in [4.78, 5) is 31.7. The van der Waals surface area contributed by atoms with Crippen LogP contribution in [-0.2, 0) is 0 Å². The van der Waals surface area contributed by atoms with Crippen molar-refractivity contribution in [3.63, 3.8) is 0 Å². The van der Waals surface area contributed by atoms with E-state index in [4.69, 9.17) is 0 Å². The number of nitrogens with zero attached hydrogens (tertiary/aromatic N) is 3. The van der Waals surface area contributed by atoms with E-state index in [1.54, 1.807) is 12.1 Å². The van der Waals surface area contributed by atoms with Crippen LogP contribution in [0.5, 0.6) is 11.5 Å². The van der Waals surface area contributed by atoms with Crippen LogP contribution < -0.4 is 5.43 Å². The number of phenols is 2. The number of aromatic hydroxyl groups is 2. The zero-order valence-electron chi connectivity index (χ0n) is 12.3. The number of nitrogens with one attached hydrogen (secondary N) is 1. The highest BCUT2D eigenvalue weighted by atomic mass is 16.6. The molecule has 2 aromatic rings. The summed E-state index contributed by atoms with van der Waals surface area (Å²) in [6.07, 6.45) is 1.09. The summed E-state index contributed by atoms with van der Waals surface area (Å²) in [5, 5.41) is 44.5. The summed E-state index contributed by atoms with van der Waals surface area (Å²) >= 11 is 0. The molecule has 0 spiro atoms. The van der Waals surface area contributed by atoms with E-state index >= 15 is 0 Å². The van der Waals surface area contributed by atoms with Crippen LogP contribution in [0.15, 0.2) is 41.5 Å². The summed E-state index contributed by atoms with van der Waals surface area (Å²) in [6, 6.07) is 7.30. The monoisotopic (exact) mass is 346 g/mol. The van der Waals surface area contributed by atoms with Crippen LogP contribution in [0.25, 0.3) is 0 Å². The SMILES string of the molecule is O=C(N/N=C/c1ccccc1O)c1cc([N+](=O)[O-])cc([N+](=O)[O-])c1O. The molecular weight excluding hydrogens is 336 g/mol. The van der Waals surface area contributed by atoms with E-state index < -0.39 is 38.4 Å². The number of nitro benzene ring substituents is 2. The summed E-state index contributed by atoms with van der Waals surface area (Å²) in [5.41, 5.74) is -0.167. The van der Waals surface area contributed by atoms with Crippen LogP contribution in [0, 0.1) is 20.2 Å². The quantitative estimate of drug-likeness (QED) is 0.420. The van der Waals surface area contributed by atoms with Gasteiger partial charge >= 0.3 is 5.69 Å². The van der Waals surface area contributed by atoms with Gasteiger partial charge in [-0.1, -0.05) is 12.1 Å². The van der Waals surface area contributed by atoms with Crippen LogP contribution in [0.1, 0.15) is 15.9 Å². The molecule has 2 rings (SSSR count). The Labute approximate surface area is 139 Å². The largest absolute Gasteiger partial charge is 0.507 e. The van der Waals surface area contributed by atoms with Gasteiger partial charge in [-0.2, -0.15) is 5.10 Å². The highest BCUT2D eigenvalue weighted by molar-refractivity contribution is 5.99. The molecule has 0 fully saturated rings. The minimum Gasteiger partial charge on any atom is -0.507 e. The molecule has 0 aliphatic carbocycles. The lowest BCUT2D eigenvalue weighted by molar-refractivity contribution is -0.394. The fourth-order valence-electron chi connectivity index (χ4n) is 1.84. The van der Waals surface area contributed by atoms with Gasteiger partial charge < -0.3 is 10.2 Å². The number of carbonyl (C=O) groups excluding carboxylic acids is 1. The Morgan fingerprint density at radius 1 is 1.12 bits per heavy atom. The van der Waals surface area contributed by atoms with Gasteiger partial charge in [0.25, 0.3) is 11.6 Å². The lowest BCUT2D eigenvalue weighted by Crippen LogP contribution is -2.18. The van der Waals surface area contributed by atoms with Gasteiger partial charge in [0.15, 0.2) is 0 Å². The molecule has 0 saturated carbocycles. The number of amides is 1. The molecule has 0 unspecified atom stereocenters. The number of benzene rings is 2. The predicted octanol–water partition coefficient (Wildman–Crippen LogP) is 1.68. The summed E-state index contributed by atoms with van der Waals surface area (Å²) in [6.45, 7) is 0. The Hall–Kier alpha value is -4.02. The van der Waals surface area contributed by atoms with E-state index in [9.17, 15) is 35.2 Å². The Balaban J connectivity index is 2.31. The Morgan fingerprint density at radius 3 is 2.40 bits per heavy atom. The van der Waals surface area contributed by atoms with E-state index in [2.05, 4.69) is 5.10 Å². The third-order valence-electron chi connectivity index (χ3n) is 3.03. The lowest BCUT2D eigenvalue weighted by Gasteiger charge is -2.04. The molecule has 11 nitrogen and oxygen atoms in total. The van der Waals surface area contributed by atoms with Crippen molar-refractivity contribution in [1.29, 1.82) is 0 Å². The number of non-ortho nitro benzene ring substituents is 1. The second-order valence-corrected chi connectivity index (χ2v) is 4.63. The van der Waals surface area contributed by atoms with Gasteiger partial charge in [0.1, 0.15) is 5.75 Å². The molecule has 0 aromatic heterocycles. The van der Waals surface area contributed by atoms with Gasteiger partial charge in [0.05, 0.1) is 27.7 Å². The van der Waals surface area contributed by atoms with Crippen molar-refractivity contribution >= 4 is 23.5 Å². The first-order valence-electron chi connectivity index (χ1n) is 6.58. The smallest absolute Gasteiger partial charge is 0.318 e. The topological polar surface area (TPSA) is 168 Å². The van der Waals surface area contributed by atoms with E-state index in [0.717, 1.165) is 6.21 Å². The van der Waals surface area contributed by atoms with E-state index in [1.807, 2.05) is 5.43 Å². The van der Waals surface area contributed by atoms with Crippen molar-refractivity contribution in [2.45, 2.75) is 0 Å². The van der Waals surface area contributed by atoms with Gasteiger partial charge in [-0.15, -0.1) is 0 Å². The maximum atomic E-state index is 12.0. The normalized spacial score (nSPS) is 10.6. The maximum absolute atomic E-state index is 12.0. The fourth-order valence-corrected chi connectivity index (χ4v) is 1.84. The third-order valence-corrected chi connectivity index (χ3v) is 3.03. The number of phenolic OH excluding ortho intramolecular Hbond substituents is 2. The number of nitro groups is 2. The molecule has 25 heavy (non-hydrogen) atoms. The molecule has 0 aliphatic rings. The number of rotatable bonds is 5. The van der Waals surface area contributed by atoms with Crippen LogP contribution in [0.4, 0.5) is 11.4 Å². The van der Waals surface area contributed by atoms with Gasteiger partial charge in [0.2, 0.25) is 5.75 Å². The van der Waals surface area contributed by atoms with Crippen molar-refractivity contribution in [2.75, 3.05) is 0 Å². The van der Waals surface area contributed by atoms with Crippen LogP contribution >= 0.6 is 0 Å². The van der Waals surface area contributed by atoms with Gasteiger partial charge in [-0.3, -0.25) is 25.0 Å². The fraction of sp³-hybridized carbons (Fsp3) is 0. The number of hydrogen-bond donors (Lipinski definition) is 3. The molecule has 3 N–H and O–H groups in total. The second kappa shape index (κ2) is 7.04. The highest BCUT2D eigenvalue weighted by Gasteiger charge is 2.27. The van der Waals surface area contributed by atoms with Crippen molar-refractivity contribution in [3.05, 3.63) is 67.8 Å². The molecule has 2 aromatic carbocycles. The first-order chi connectivity index (χ1) is 11.8. The number of hydrogen-bond acceptors (Lipinski definition) is 8. The number of carbonyl (C=O) groups is 1. The molecule has 0 heterocycles. The third kappa shape index (κ3) is 3.85. The van der Waals surface area contributed by atoms with Gasteiger partial charge in [-0.05, 0) is 12.1 Å². The average molecular weight is 346 g/mol. The zero-order chi connectivity index (χ0) is 18.6. The van der Waals surface area contributed by atoms with Crippen LogP contribution in [-0.4, -0.2) is 32.2 Å². The lowest BCUT2D eigenvalue weighted by atomic mass is 10.1. The first-order valence-corrected chi connectivity index (χ1v) is 6.58. The summed E-state index contributed by atoms with van der Waals surface area (Å²) in [5.74, 6) is -2.23. The van der Waals surface area contributed by atoms with Crippen molar-refractivity contribution < 1.29 is 24.9 Å². The van der Waals surface area contributed by atoms with Crippen molar-refractivity contribution in [2.24, 2.45) is 5.10 Å². The second-order valence-electron chi connectivity index (χ2n) is 4.63. The van der Waals surface area contributed by atoms with Crippen LogP contribution in [0.3, 0.4) is 0 Å². The molecule has 1 amide bonds. The molecule has 0 saturated heterocycles. The number of para-hydroxylation sites is 1. The molecule has 0 aliphatic heterocycles. The summed E-state index contributed by atoms with van der Waals surface area (Å²) < 4.78 is 0. The molecule has 0 atom stereocenters. The zero-order valence-corrected chi connectivity index (χ0v) is 12.3. The minimum absolute atomic E-state index is 0.102. The van der Waals surface area contributed by atoms with Gasteiger partial charge in [0, 0.05) is 11.6 Å². The Morgan fingerprint density at radius 2 is 1.80 bits per heavy atom. The van der Waals surface area contributed by atoms with E-state index in [-0.39, 0.29) is 11.3 Å². The van der Waals surface area contributed by atoms with E-state index in [0.29, 0.717) is 12.1 Å². The predicted molar refractivity (Wildman–Crippen MR) is 84.6 cm³/mol. The van der Waals surface area contributed by atoms with Crippen molar-refractivity contribution in [3.8, 4) is 11.5 Å². The summed E-state index contributed by atoms with van der Waals surface area (Å²) in [7, 11) is 0. The highest BCUT2D eigenvalue weighted by Crippen LogP contribution is 2.34. The minimum atomic E-state index is -1.10. The Kier molecular flexibility index (Phi) is 4.88. The molecule has 0 bridgehead atoms.